The lowest BCUT2D eigenvalue weighted by Gasteiger charge is -2.31. The van der Waals surface area contributed by atoms with Gasteiger partial charge >= 0.3 is 0 Å². The molecule has 6 aromatic carbocycles. The molecule has 0 heterocycles. The summed E-state index contributed by atoms with van der Waals surface area (Å²) in [5.74, 6) is 0. The molecule has 6 aromatic rings. The highest BCUT2D eigenvalue weighted by Crippen LogP contribution is 2.64. The van der Waals surface area contributed by atoms with Crippen LogP contribution in [-0.2, 0) is 18.7 Å². The van der Waals surface area contributed by atoms with Crippen LogP contribution in [0.3, 0.4) is 0 Å². The van der Waals surface area contributed by atoms with Gasteiger partial charge in [-0.2, -0.15) is 0 Å². The van der Waals surface area contributed by atoms with Crippen LogP contribution in [-0.4, -0.2) is 11.3 Å². The Balaban J connectivity index is 0.00000270. The van der Waals surface area contributed by atoms with Crippen LogP contribution < -0.4 is 55.2 Å². The first-order valence-corrected chi connectivity index (χ1v) is 21.1. The first-order valence-electron chi connectivity index (χ1n) is 17.1. The van der Waals surface area contributed by atoms with Crippen LogP contribution in [0.1, 0.15) is 49.9 Å². The first-order chi connectivity index (χ1) is 22.9. The summed E-state index contributed by atoms with van der Waals surface area (Å²) in [6.45, 7) is 9.66. The minimum absolute atomic E-state index is 0. The quantitative estimate of drug-likeness (QED) is 0.161. The Bertz CT molecular complexity index is 1600. The van der Waals surface area contributed by atoms with Gasteiger partial charge in [0.1, 0.15) is 0 Å². The second-order valence-electron chi connectivity index (χ2n) is 13.4. The molecule has 0 aliphatic rings. The van der Waals surface area contributed by atoms with Gasteiger partial charge in [-0.3, -0.25) is 0 Å². The first kappa shape index (κ1) is 38.9. The Morgan fingerprint density at radius 2 is 0.551 bits per heavy atom. The predicted molar refractivity (Wildman–Crippen MR) is 212 cm³/mol. The molecule has 6 rings (SSSR count). The van der Waals surface area contributed by atoms with Gasteiger partial charge in [0.25, 0.3) is 0 Å². The van der Waals surface area contributed by atoms with Crippen LogP contribution in [0, 0.1) is 0 Å². The SMILES string of the molecule is CC(C)[P+](Cc1ccc(Cc2ccc(C[P+](c3ccccc3)(c3ccccc3)C(C)C)cc2)cc1)(c1ccccc1)c1ccccc1.[Br-].[Br-]. The fraction of sp³-hybridized carbons (Fsp3) is 0.200. The van der Waals surface area contributed by atoms with Gasteiger partial charge in [0, 0.05) is 0 Å². The molecule has 0 amide bonds. The molecule has 0 aliphatic carbocycles. The normalized spacial score (nSPS) is 11.6. The molecule has 0 spiro atoms. The predicted octanol–water partition coefficient (Wildman–Crippen LogP) is 4.44. The average molecular weight is 811 g/mol. The average Bonchev–Trinajstić information content (AvgIpc) is 3.12. The lowest BCUT2D eigenvalue weighted by Crippen LogP contribution is -3.00. The van der Waals surface area contributed by atoms with Crippen LogP contribution in [0.25, 0.3) is 0 Å². The summed E-state index contributed by atoms with van der Waals surface area (Å²) in [6.07, 6.45) is 3.11. The van der Waals surface area contributed by atoms with E-state index in [9.17, 15) is 0 Å². The Kier molecular flexibility index (Phi) is 14.2. The van der Waals surface area contributed by atoms with Crippen molar-refractivity contribution in [3.8, 4) is 0 Å². The molecule has 0 nitrogen and oxygen atoms in total. The maximum absolute atomic E-state index is 2.42. The van der Waals surface area contributed by atoms with E-state index >= 15 is 0 Å². The number of halogens is 2. The Hall–Kier alpha value is -2.86. The van der Waals surface area contributed by atoms with Crippen molar-refractivity contribution in [2.24, 2.45) is 0 Å². The fourth-order valence-electron chi connectivity index (χ4n) is 7.33. The molecule has 252 valence electrons. The third-order valence-corrected chi connectivity index (χ3v) is 20.1. The Morgan fingerprint density at radius 1 is 0.327 bits per heavy atom. The number of hydrogen-bond donors (Lipinski definition) is 0. The second kappa shape index (κ2) is 17.9. The van der Waals surface area contributed by atoms with Gasteiger partial charge < -0.3 is 34.0 Å². The molecule has 0 saturated heterocycles. The van der Waals surface area contributed by atoms with E-state index in [-0.39, 0.29) is 34.0 Å². The maximum Gasteiger partial charge on any atom is 0.0998 e. The standard InChI is InChI=1S/C45H48P2.2BrH/c1-36(2)46(42-17-9-5-10-18-42,43-19-11-6-12-20-43)34-40-29-25-38(26-30-40)33-39-27-31-41(32-28-39)35-47(37(3)4,44-21-13-7-14-22-44)45-23-15-8-16-24-45;;/h5-32,36-37H,33-35H2,1-4H3;2*1H/q+2;;/p-2. The lowest BCUT2D eigenvalue weighted by molar-refractivity contribution is -0.00100. The summed E-state index contributed by atoms with van der Waals surface area (Å²) in [7, 11) is -3.30. The van der Waals surface area contributed by atoms with Gasteiger partial charge in [0.2, 0.25) is 0 Å². The van der Waals surface area contributed by atoms with Gasteiger partial charge in [-0.25, -0.2) is 0 Å². The van der Waals surface area contributed by atoms with E-state index in [0.717, 1.165) is 18.7 Å². The van der Waals surface area contributed by atoms with E-state index in [1.165, 1.54) is 43.5 Å². The summed E-state index contributed by atoms with van der Waals surface area (Å²) in [4.78, 5) is 0. The van der Waals surface area contributed by atoms with Gasteiger partial charge in [0.05, 0.1) is 59.4 Å². The van der Waals surface area contributed by atoms with Crippen molar-refractivity contribution in [2.75, 3.05) is 0 Å². The van der Waals surface area contributed by atoms with Crippen molar-refractivity contribution in [2.45, 2.75) is 57.8 Å². The summed E-state index contributed by atoms with van der Waals surface area (Å²) in [5, 5.41) is 5.98. The van der Waals surface area contributed by atoms with Crippen molar-refractivity contribution in [1.29, 1.82) is 0 Å². The molecule has 4 heteroatoms. The molecule has 0 saturated carbocycles. The summed E-state index contributed by atoms with van der Waals surface area (Å²) in [5.41, 5.74) is 6.68. The summed E-state index contributed by atoms with van der Waals surface area (Å²) < 4.78 is 0. The van der Waals surface area contributed by atoms with Gasteiger partial charge in [-0.15, -0.1) is 0 Å². The molecule has 0 aromatic heterocycles. The highest BCUT2D eigenvalue weighted by molar-refractivity contribution is 7.89. The Labute approximate surface area is 317 Å². The molecule has 0 fully saturated rings. The lowest BCUT2D eigenvalue weighted by atomic mass is 10.0. The van der Waals surface area contributed by atoms with Crippen molar-refractivity contribution < 1.29 is 34.0 Å². The van der Waals surface area contributed by atoms with E-state index < -0.39 is 14.5 Å². The number of hydrogen-bond acceptors (Lipinski definition) is 0. The summed E-state index contributed by atoms with van der Waals surface area (Å²) >= 11 is 0. The minimum atomic E-state index is -1.65. The second-order valence-corrected chi connectivity index (χ2v) is 21.6. The number of rotatable bonds is 12. The molecule has 0 atom stereocenters. The van der Waals surface area contributed by atoms with Crippen molar-refractivity contribution in [3.05, 3.63) is 192 Å². The molecular formula is C45H48Br2P2. The molecule has 0 N–H and O–H groups in total. The highest BCUT2D eigenvalue weighted by Gasteiger charge is 2.47. The van der Waals surface area contributed by atoms with Crippen molar-refractivity contribution >= 4 is 35.7 Å². The van der Waals surface area contributed by atoms with E-state index in [4.69, 9.17) is 0 Å². The van der Waals surface area contributed by atoms with Crippen LogP contribution in [0.5, 0.6) is 0 Å². The molecule has 49 heavy (non-hydrogen) atoms. The Morgan fingerprint density at radius 3 is 0.776 bits per heavy atom. The zero-order chi connectivity index (χ0) is 32.7. The zero-order valence-corrected chi connectivity index (χ0v) is 34.1. The van der Waals surface area contributed by atoms with Gasteiger partial charge in [0.15, 0.2) is 0 Å². The van der Waals surface area contributed by atoms with E-state index in [2.05, 4.69) is 198 Å². The van der Waals surface area contributed by atoms with Gasteiger partial charge in [-0.05, 0) is 105 Å². The number of benzene rings is 6. The smallest absolute Gasteiger partial charge is 0.0998 e. The molecule has 0 bridgehead atoms. The van der Waals surface area contributed by atoms with Crippen LogP contribution in [0.4, 0.5) is 0 Å². The van der Waals surface area contributed by atoms with E-state index in [1.807, 2.05) is 0 Å². The van der Waals surface area contributed by atoms with Crippen LogP contribution in [0.2, 0.25) is 0 Å². The third-order valence-electron chi connectivity index (χ3n) is 9.95. The van der Waals surface area contributed by atoms with E-state index in [0.29, 0.717) is 11.3 Å². The van der Waals surface area contributed by atoms with Crippen LogP contribution in [0.15, 0.2) is 170 Å². The maximum atomic E-state index is 2.42. The molecule has 0 radical (unpaired) electrons. The highest BCUT2D eigenvalue weighted by atomic mass is 79.9. The monoisotopic (exact) mass is 808 g/mol. The van der Waals surface area contributed by atoms with Crippen molar-refractivity contribution in [1.82, 2.24) is 0 Å². The van der Waals surface area contributed by atoms with Crippen molar-refractivity contribution in [3.63, 3.8) is 0 Å². The molecule has 0 unspecified atom stereocenters. The third kappa shape index (κ3) is 8.55. The fourth-order valence-corrected chi connectivity index (χ4v) is 16.2. The zero-order valence-electron chi connectivity index (χ0n) is 29.1. The topological polar surface area (TPSA) is 0 Å². The van der Waals surface area contributed by atoms with E-state index in [1.54, 1.807) is 0 Å². The largest absolute Gasteiger partial charge is 1.00 e. The van der Waals surface area contributed by atoms with Crippen LogP contribution >= 0.6 is 14.5 Å². The summed E-state index contributed by atoms with van der Waals surface area (Å²) in [6, 6.07) is 64.0. The molecular weight excluding hydrogens is 762 g/mol. The minimum Gasteiger partial charge on any atom is -1.00 e. The van der Waals surface area contributed by atoms with Gasteiger partial charge in [-0.1, -0.05) is 121 Å². The molecule has 0 aliphatic heterocycles.